The van der Waals surface area contributed by atoms with Gasteiger partial charge in [-0.15, -0.1) is 0 Å². The summed E-state index contributed by atoms with van der Waals surface area (Å²) >= 11 is 0. The van der Waals surface area contributed by atoms with E-state index in [9.17, 15) is 5.11 Å². The number of aromatic nitrogens is 2. The van der Waals surface area contributed by atoms with E-state index >= 15 is 0 Å². The van der Waals surface area contributed by atoms with Gasteiger partial charge in [0.05, 0.1) is 12.6 Å². The molecule has 0 amide bonds. The van der Waals surface area contributed by atoms with Gasteiger partial charge in [0.1, 0.15) is 23.6 Å². The maximum atomic E-state index is 9.32. The molecule has 5 heteroatoms. The monoisotopic (exact) mass is 281 g/mol. The molecule has 0 radical (unpaired) electrons. The van der Waals surface area contributed by atoms with E-state index in [0.717, 1.165) is 33.7 Å². The Morgan fingerprint density at radius 2 is 1.86 bits per heavy atom. The molecule has 0 bridgehead atoms. The van der Waals surface area contributed by atoms with Crippen molar-refractivity contribution in [3.8, 4) is 11.5 Å². The summed E-state index contributed by atoms with van der Waals surface area (Å²) in [5, 5.41) is 13.5. The summed E-state index contributed by atoms with van der Waals surface area (Å²) in [5.74, 6) is 1.75. The van der Waals surface area contributed by atoms with Crippen LogP contribution < -0.4 is 10.1 Å². The fourth-order valence-corrected chi connectivity index (χ4v) is 2.19. The number of ether oxygens (including phenoxy) is 1. The number of rotatable bonds is 3. The maximum Gasteiger partial charge on any atom is 0.141 e. The normalized spacial score (nSPS) is 10.6. The van der Waals surface area contributed by atoms with Crippen molar-refractivity contribution in [1.29, 1.82) is 0 Å². The second kappa shape index (κ2) is 5.28. The first-order valence-corrected chi connectivity index (χ1v) is 6.53. The first kappa shape index (κ1) is 13.2. The molecule has 0 spiro atoms. The van der Waals surface area contributed by atoms with Crippen LogP contribution in [0.5, 0.6) is 11.5 Å². The molecule has 3 aromatic rings. The number of nitrogens with one attached hydrogen (secondary N) is 1. The van der Waals surface area contributed by atoms with Gasteiger partial charge in [-0.3, -0.25) is 0 Å². The van der Waals surface area contributed by atoms with Crippen LogP contribution in [0.3, 0.4) is 0 Å². The molecule has 2 N–H and O–H groups in total. The first-order chi connectivity index (χ1) is 10.2. The molecule has 2 aromatic carbocycles. The summed E-state index contributed by atoms with van der Waals surface area (Å²) in [6.45, 7) is 1.98. The van der Waals surface area contributed by atoms with Crippen molar-refractivity contribution in [2.75, 3.05) is 12.4 Å². The van der Waals surface area contributed by atoms with Crippen LogP contribution in [-0.4, -0.2) is 22.2 Å². The molecule has 21 heavy (non-hydrogen) atoms. The van der Waals surface area contributed by atoms with Crippen molar-refractivity contribution in [2.24, 2.45) is 0 Å². The van der Waals surface area contributed by atoms with Gasteiger partial charge in [0.15, 0.2) is 0 Å². The summed E-state index contributed by atoms with van der Waals surface area (Å²) in [4.78, 5) is 8.57. The average Bonchev–Trinajstić information content (AvgIpc) is 2.49. The van der Waals surface area contributed by atoms with Gasteiger partial charge in [-0.2, -0.15) is 0 Å². The molecule has 0 atom stereocenters. The number of hydrogen-bond donors (Lipinski definition) is 2. The highest BCUT2D eigenvalue weighted by atomic mass is 16.5. The summed E-state index contributed by atoms with van der Waals surface area (Å²) < 4.78 is 5.32. The number of phenolic OH excluding ortho intramolecular Hbond substituents is 1. The minimum atomic E-state index is 0.230. The van der Waals surface area contributed by atoms with E-state index in [1.54, 1.807) is 31.4 Å². The number of nitrogens with zero attached hydrogens (tertiary/aromatic N) is 2. The Morgan fingerprint density at radius 1 is 1.10 bits per heavy atom. The average molecular weight is 281 g/mol. The van der Waals surface area contributed by atoms with Gasteiger partial charge in [0.2, 0.25) is 0 Å². The third-order valence-corrected chi connectivity index (χ3v) is 3.28. The Hall–Kier alpha value is -2.82. The molecule has 5 nitrogen and oxygen atoms in total. The standard InChI is InChI=1S/C16H15N3O2/c1-10-7-13-14(8-15(10)21-2)17-9-18-16(13)19-11-3-5-12(20)6-4-11/h3-9,20H,1-2H3,(H,17,18,19). The van der Waals surface area contributed by atoms with E-state index in [2.05, 4.69) is 15.3 Å². The van der Waals surface area contributed by atoms with Gasteiger partial charge in [-0.05, 0) is 42.8 Å². The summed E-state index contributed by atoms with van der Waals surface area (Å²) in [7, 11) is 1.64. The van der Waals surface area contributed by atoms with Crippen LogP contribution in [0, 0.1) is 6.92 Å². The van der Waals surface area contributed by atoms with Crippen LogP contribution in [-0.2, 0) is 0 Å². The topological polar surface area (TPSA) is 67.3 Å². The highest BCUT2D eigenvalue weighted by molar-refractivity contribution is 5.92. The highest BCUT2D eigenvalue weighted by Gasteiger charge is 2.08. The Labute approximate surface area is 122 Å². The molecule has 0 fully saturated rings. The lowest BCUT2D eigenvalue weighted by Gasteiger charge is -2.11. The zero-order valence-electron chi connectivity index (χ0n) is 11.8. The summed E-state index contributed by atoms with van der Waals surface area (Å²) in [6, 6.07) is 10.7. The number of hydrogen-bond acceptors (Lipinski definition) is 5. The Kier molecular flexibility index (Phi) is 3.31. The highest BCUT2D eigenvalue weighted by Crippen LogP contribution is 2.29. The van der Waals surface area contributed by atoms with Crippen LogP contribution in [0.4, 0.5) is 11.5 Å². The second-order valence-corrected chi connectivity index (χ2v) is 4.73. The quantitative estimate of drug-likeness (QED) is 0.720. The third kappa shape index (κ3) is 2.58. The number of methoxy groups -OCH3 is 1. The lowest BCUT2D eigenvalue weighted by molar-refractivity contribution is 0.412. The molecule has 0 saturated heterocycles. The minimum absolute atomic E-state index is 0.230. The van der Waals surface area contributed by atoms with Crippen molar-refractivity contribution < 1.29 is 9.84 Å². The predicted octanol–water partition coefficient (Wildman–Crippen LogP) is 3.40. The molecule has 0 unspecified atom stereocenters. The van der Waals surface area contributed by atoms with Gasteiger partial charge in [0, 0.05) is 17.1 Å². The molecule has 106 valence electrons. The van der Waals surface area contributed by atoms with E-state index in [0.29, 0.717) is 0 Å². The maximum absolute atomic E-state index is 9.32. The van der Waals surface area contributed by atoms with Gasteiger partial charge in [-0.25, -0.2) is 9.97 Å². The van der Waals surface area contributed by atoms with Crippen molar-refractivity contribution in [3.63, 3.8) is 0 Å². The molecular formula is C16H15N3O2. The van der Waals surface area contributed by atoms with E-state index in [4.69, 9.17) is 4.74 Å². The number of aromatic hydroxyl groups is 1. The van der Waals surface area contributed by atoms with Crippen molar-refractivity contribution in [1.82, 2.24) is 9.97 Å². The van der Waals surface area contributed by atoms with E-state index < -0.39 is 0 Å². The number of anilines is 2. The molecule has 3 rings (SSSR count). The number of phenols is 1. The predicted molar refractivity (Wildman–Crippen MR) is 82.2 cm³/mol. The van der Waals surface area contributed by atoms with Gasteiger partial charge in [0.25, 0.3) is 0 Å². The fraction of sp³-hybridized carbons (Fsp3) is 0.125. The van der Waals surface area contributed by atoms with Gasteiger partial charge in [-0.1, -0.05) is 0 Å². The number of benzene rings is 2. The van der Waals surface area contributed by atoms with Gasteiger partial charge >= 0.3 is 0 Å². The zero-order valence-corrected chi connectivity index (χ0v) is 11.8. The van der Waals surface area contributed by atoms with E-state index in [1.165, 1.54) is 6.33 Å². The van der Waals surface area contributed by atoms with Crippen molar-refractivity contribution >= 4 is 22.4 Å². The number of fused-ring (bicyclic) bond motifs is 1. The molecule has 0 aliphatic rings. The van der Waals surface area contributed by atoms with Crippen LogP contribution >= 0.6 is 0 Å². The fourth-order valence-electron chi connectivity index (χ4n) is 2.19. The summed E-state index contributed by atoms with van der Waals surface area (Å²) in [5.41, 5.74) is 2.68. The SMILES string of the molecule is COc1cc2ncnc(Nc3ccc(O)cc3)c2cc1C. The van der Waals surface area contributed by atoms with Gasteiger partial charge < -0.3 is 15.2 Å². The van der Waals surface area contributed by atoms with E-state index in [-0.39, 0.29) is 5.75 Å². The van der Waals surface area contributed by atoms with Crippen molar-refractivity contribution in [3.05, 3.63) is 48.3 Å². The Bertz CT molecular complexity index is 785. The van der Waals surface area contributed by atoms with Crippen LogP contribution in [0.1, 0.15) is 5.56 Å². The first-order valence-electron chi connectivity index (χ1n) is 6.53. The molecular weight excluding hydrogens is 266 g/mol. The minimum Gasteiger partial charge on any atom is -0.508 e. The van der Waals surface area contributed by atoms with Crippen LogP contribution in [0.2, 0.25) is 0 Å². The lowest BCUT2D eigenvalue weighted by atomic mass is 10.1. The molecule has 1 heterocycles. The largest absolute Gasteiger partial charge is 0.508 e. The second-order valence-electron chi connectivity index (χ2n) is 4.73. The smallest absolute Gasteiger partial charge is 0.141 e. The number of aryl methyl sites for hydroxylation is 1. The zero-order chi connectivity index (χ0) is 14.8. The van der Waals surface area contributed by atoms with Crippen LogP contribution in [0.15, 0.2) is 42.7 Å². The molecule has 0 aliphatic heterocycles. The third-order valence-electron chi connectivity index (χ3n) is 3.28. The molecule has 0 saturated carbocycles. The Balaban J connectivity index is 2.06. The molecule has 1 aromatic heterocycles. The summed E-state index contributed by atoms with van der Waals surface area (Å²) in [6.07, 6.45) is 1.51. The Morgan fingerprint density at radius 3 is 2.57 bits per heavy atom. The lowest BCUT2D eigenvalue weighted by Crippen LogP contribution is -1.97. The van der Waals surface area contributed by atoms with Crippen LogP contribution in [0.25, 0.3) is 10.9 Å². The van der Waals surface area contributed by atoms with Crippen molar-refractivity contribution in [2.45, 2.75) is 6.92 Å². The van der Waals surface area contributed by atoms with E-state index in [1.807, 2.05) is 19.1 Å². The molecule has 0 aliphatic carbocycles.